The molecule has 6 heteroatoms. The van der Waals surface area contributed by atoms with E-state index in [1.54, 1.807) is 18.5 Å². The van der Waals surface area contributed by atoms with E-state index in [0.29, 0.717) is 5.82 Å². The SMILES string of the molecule is O=c1cc([C@H]2CCCCN2Cc2ccccn2)nc(-c2cccnc2)[nH]1. The van der Waals surface area contributed by atoms with Crippen molar-refractivity contribution < 1.29 is 0 Å². The lowest BCUT2D eigenvalue weighted by atomic mass is 9.98. The predicted octanol–water partition coefficient (Wildman–Crippen LogP) is 2.95. The monoisotopic (exact) mass is 347 g/mol. The van der Waals surface area contributed by atoms with Gasteiger partial charge in [-0.05, 0) is 43.7 Å². The van der Waals surface area contributed by atoms with Crippen molar-refractivity contribution in [3.8, 4) is 11.4 Å². The van der Waals surface area contributed by atoms with Crippen LogP contribution >= 0.6 is 0 Å². The highest BCUT2D eigenvalue weighted by Crippen LogP contribution is 2.31. The lowest BCUT2D eigenvalue weighted by Gasteiger charge is -2.35. The largest absolute Gasteiger partial charge is 0.306 e. The van der Waals surface area contributed by atoms with Crippen LogP contribution in [-0.2, 0) is 6.54 Å². The number of nitrogens with one attached hydrogen (secondary N) is 1. The molecule has 1 saturated heterocycles. The van der Waals surface area contributed by atoms with E-state index >= 15 is 0 Å². The van der Waals surface area contributed by atoms with E-state index in [1.807, 2.05) is 36.5 Å². The van der Waals surface area contributed by atoms with Gasteiger partial charge >= 0.3 is 0 Å². The molecule has 0 saturated carbocycles. The Morgan fingerprint density at radius 1 is 1.15 bits per heavy atom. The van der Waals surface area contributed by atoms with E-state index in [1.165, 1.54) is 0 Å². The van der Waals surface area contributed by atoms with E-state index in [4.69, 9.17) is 4.98 Å². The maximum absolute atomic E-state index is 12.2. The molecular formula is C20H21N5O. The van der Waals surface area contributed by atoms with Crippen LogP contribution < -0.4 is 5.56 Å². The van der Waals surface area contributed by atoms with Crippen molar-refractivity contribution in [3.63, 3.8) is 0 Å². The van der Waals surface area contributed by atoms with Crippen LogP contribution in [0.15, 0.2) is 59.8 Å². The van der Waals surface area contributed by atoms with Gasteiger partial charge in [0.1, 0.15) is 5.82 Å². The fourth-order valence-corrected chi connectivity index (χ4v) is 3.50. The summed E-state index contributed by atoms with van der Waals surface area (Å²) in [5.41, 5.74) is 2.55. The van der Waals surface area contributed by atoms with Gasteiger partial charge in [0.25, 0.3) is 5.56 Å². The fraction of sp³-hybridized carbons (Fsp3) is 0.300. The van der Waals surface area contributed by atoms with Crippen LogP contribution in [-0.4, -0.2) is 31.4 Å². The highest BCUT2D eigenvalue weighted by molar-refractivity contribution is 5.52. The zero-order chi connectivity index (χ0) is 17.8. The average molecular weight is 347 g/mol. The van der Waals surface area contributed by atoms with Gasteiger partial charge < -0.3 is 4.98 Å². The van der Waals surface area contributed by atoms with Crippen molar-refractivity contribution >= 4 is 0 Å². The van der Waals surface area contributed by atoms with Crippen LogP contribution in [0.3, 0.4) is 0 Å². The molecule has 0 bridgehead atoms. The normalized spacial score (nSPS) is 17.9. The van der Waals surface area contributed by atoms with Crippen molar-refractivity contribution in [1.29, 1.82) is 0 Å². The third-order valence-electron chi connectivity index (χ3n) is 4.74. The molecule has 1 aliphatic heterocycles. The van der Waals surface area contributed by atoms with Crippen LogP contribution in [0.1, 0.15) is 36.7 Å². The first kappa shape index (κ1) is 16.6. The van der Waals surface area contributed by atoms with Crippen molar-refractivity contribution in [2.45, 2.75) is 31.8 Å². The summed E-state index contributed by atoms with van der Waals surface area (Å²) in [5, 5.41) is 0. The third kappa shape index (κ3) is 3.70. The van der Waals surface area contributed by atoms with Gasteiger partial charge in [-0.1, -0.05) is 12.5 Å². The van der Waals surface area contributed by atoms with Gasteiger partial charge in [0.2, 0.25) is 0 Å². The Hall–Kier alpha value is -2.86. The Bertz CT molecular complexity index is 910. The molecule has 3 aromatic rings. The van der Waals surface area contributed by atoms with Gasteiger partial charge in [0.05, 0.1) is 17.4 Å². The molecule has 132 valence electrons. The number of hydrogen-bond donors (Lipinski definition) is 1. The molecule has 1 atom stereocenters. The van der Waals surface area contributed by atoms with Gasteiger partial charge in [0.15, 0.2) is 0 Å². The van der Waals surface area contributed by atoms with Crippen LogP contribution in [0.5, 0.6) is 0 Å². The first-order valence-corrected chi connectivity index (χ1v) is 8.95. The smallest absolute Gasteiger partial charge is 0.251 e. The van der Waals surface area contributed by atoms with E-state index < -0.39 is 0 Å². The zero-order valence-electron chi connectivity index (χ0n) is 14.5. The quantitative estimate of drug-likeness (QED) is 0.785. The maximum atomic E-state index is 12.2. The van der Waals surface area contributed by atoms with Crippen LogP contribution in [0.4, 0.5) is 0 Å². The second-order valence-electron chi connectivity index (χ2n) is 6.56. The maximum Gasteiger partial charge on any atom is 0.251 e. The Labute approximate surface area is 152 Å². The minimum Gasteiger partial charge on any atom is -0.306 e. The Kier molecular flexibility index (Phi) is 4.84. The van der Waals surface area contributed by atoms with Crippen molar-refractivity contribution in [3.05, 3.63) is 76.7 Å². The Morgan fingerprint density at radius 3 is 2.92 bits per heavy atom. The highest BCUT2D eigenvalue weighted by atomic mass is 16.1. The molecule has 0 aromatic carbocycles. The summed E-state index contributed by atoms with van der Waals surface area (Å²) in [6, 6.07) is 11.5. The molecule has 26 heavy (non-hydrogen) atoms. The summed E-state index contributed by atoms with van der Waals surface area (Å²) in [7, 11) is 0. The lowest BCUT2D eigenvalue weighted by molar-refractivity contribution is 0.135. The molecular weight excluding hydrogens is 326 g/mol. The molecule has 6 nitrogen and oxygen atoms in total. The van der Waals surface area contributed by atoms with Gasteiger partial charge in [-0.25, -0.2) is 4.98 Å². The Morgan fingerprint density at radius 2 is 2.12 bits per heavy atom. The number of aromatic nitrogens is 4. The number of piperidine rings is 1. The number of nitrogens with zero attached hydrogens (tertiary/aromatic N) is 4. The van der Waals surface area contributed by atoms with Gasteiger partial charge in [-0.3, -0.25) is 19.7 Å². The summed E-state index contributed by atoms with van der Waals surface area (Å²) in [4.78, 5) is 30.8. The molecule has 4 heterocycles. The van der Waals surface area contributed by atoms with E-state index in [0.717, 1.165) is 49.3 Å². The lowest BCUT2D eigenvalue weighted by Crippen LogP contribution is -2.34. The summed E-state index contributed by atoms with van der Waals surface area (Å²) < 4.78 is 0. The van der Waals surface area contributed by atoms with Crippen LogP contribution in [0.25, 0.3) is 11.4 Å². The molecule has 0 amide bonds. The predicted molar refractivity (Wildman–Crippen MR) is 99.3 cm³/mol. The first-order valence-electron chi connectivity index (χ1n) is 8.95. The number of aromatic amines is 1. The number of rotatable bonds is 4. The number of likely N-dealkylation sites (tertiary alicyclic amines) is 1. The first-order chi connectivity index (χ1) is 12.8. The second kappa shape index (κ2) is 7.58. The van der Waals surface area contributed by atoms with Crippen molar-refractivity contribution in [2.24, 2.45) is 0 Å². The summed E-state index contributed by atoms with van der Waals surface area (Å²) in [5.74, 6) is 0.573. The standard InChI is InChI=1S/C20H21N5O/c26-19-12-17(23-20(24-19)15-6-5-9-21-13-15)18-8-2-4-11-25(18)14-16-7-1-3-10-22-16/h1,3,5-7,9-10,12-13,18H,2,4,8,11,14H2,(H,23,24,26)/t18-/m1/s1. The number of H-pyrrole nitrogens is 1. The minimum atomic E-state index is -0.128. The number of hydrogen-bond acceptors (Lipinski definition) is 5. The average Bonchev–Trinajstić information content (AvgIpc) is 2.69. The molecule has 0 radical (unpaired) electrons. The van der Waals surface area contributed by atoms with Gasteiger partial charge in [0, 0.05) is 36.8 Å². The molecule has 1 fully saturated rings. The molecule has 0 spiro atoms. The zero-order valence-corrected chi connectivity index (χ0v) is 14.5. The van der Waals surface area contributed by atoms with E-state index in [-0.39, 0.29) is 11.6 Å². The highest BCUT2D eigenvalue weighted by Gasteiger charge is 2.26. The minimum absolute atomic E-state index is 0.128. The fourth-order valence-electron chi connectivity index (χ4n) is 3.50. The third-order valence-corrected chi connectivity index (χ3v) is 4.74. The molecule has 1 aliphatic rings. The van der Waals surface area contributed by atoms with Crippen LogP contribution in [0.2, 0.25) is 0 Å². The molecule has 0 aliphatic carbocycles. The van der Waals surface area contributed by atoms with Gasteiger partial charge in [-0.15, -0.1) is 0 Å². The summed E-state index contributed by atoms with van der Waals surface area (Å²) in [6.45, 7) is 1.75. The van der Waals surface area contributed by atoms with Gasteiger partial charge in [-0.2, -0.15) is 0 Å². The topological polar surface area (TPSA) is 74.8 Å². The van der Waals surface area contributed by atoms with Crippen LogP contribution in [0, 0.1) is 0 Å². The summed E-state index contributed by atoms with van der Waals surface area (Å²) in [6.07, 6.45) is 8.54. The number of pyridine rings is 2. The van der Waals surface area contributed by atoms with Crippen molar-refractivity contribution in [1.82, 2.24) is 24.8 Å². The van der Waals surface area contributed by atoms with Crippen molar-refractivity contribution in [2.75, 3.05) is 6.54 Å². The molecule has 1 N–H and O–H groups in total. The molecule has 3 aromatic heterocycles. The Balaban J connectivity index is 1.66. The van der Waals surface area contributed by atoms with E-state index in [2.05, 4.69) is 19.9 Å². The second-order valence-corrected chi connectivity index (χ2v) is 6.56. The molecule has 4 rings (SSSR count). The summed E-state index contributed by atoms with van der Waals surface area (Å²) >= 11 is 0. The molecule has 0 unspecified atom stereocenters. The van der Waals surface area contributed by atoms with E-state index in [9.17, 15) is 4.79 Å².